The molecule has 0 spiro atoms. The SMILES string of the molecule is CCCC(NC(=O)c1nn(-c2ccccc2)cc1OCCOC)C(=O)O. The Morgan fingerprint density at radius 3 is 2.62 bits per heavy atom. The maximum absolute atomic E-state index is 12.6. The first-order valence-corrected chi connectivity index (χ1v) is 8.37. The van der Waals surface area contributed by atoms with Crippen LogP contribution in [0.1, 0.15) is 30.3 Å². The molecular weight excluding hydrogens is 338 g/mol. The fourth-order valence-corrected chi connectivity index (χ4v) is 2.34. The van der Waals surface area contributed by atoms with Gasteiger partial charge in [0, 0.05) is 7.11 Å². The van der Waals surface area contributed by atoms with E-state index in [0.29, 0.717) is 19.4 Å². The summed E-state index contributed by atoms with van der Waals surface area (Å²) in [6.45, 7) is 2.45. The van der Waals surface area contributed by atoms with Gasteiger partial charge in [0.25, 0.3) is 5.91 Å². The fraction of sp³-hybridized carbons (Fsp3) is 0.389. The number of carbonyl (C=O) groups is 2. The van der Waals surface area contributed by atoms with Crippen LogP contribution in [0.2, 0.25) is 0 Å². The van der Waals surface area contributed by atoms with E-state index in [1.54, 1.807) is 13.3 Å². The second kappa shape index (κ2) is 9.57. The summed E-state index contributed by atoms with van der Waals surface area (Å²) in [5.74, 6) is -1.40. The summed E-state index contributed by atoms with van der Waals surface area (Å²) in [4.78, 5) is 23.9. The average molecular weight is 361 g/mol. The zero-order valence-electron chi connectivity index (χ0n) is 14.8. The standard InChI is InChI=1S/C18H23N3O5/c1-3-7-14(18(23)24)19-17(22)16-15(26-11-10-25-2)12-21(20-16)13-8-5-4-6-9-13/h4-6,8-9,12,14H,3,7,10-11H2,1-2H3,(H,19,22)(H,23,24). The largest absolute Gasteiger partial charge is 0.487 e. The molecule has 1 amide bonds. The molecule has 0 saturated heterocycles. The predicted octanol–water partition coefficient (Wildman–Crippen LogP) is 1.88. The number of methoxy groups -OCH3 is 1. The van der Waals surface area contributed by atoms with Gasteiger partial charge < -0.3 is 19.9 Å². The quantitative estimate of drug-likeness (QED) is 0.627. The molecule has 2 rings (SSSR count). The van der Waals surface area contributed by atoms with Gasteiger partial charge in [-0.05, 0) is 18.6 Å². The van der Waals surface area contributed by atoms with E-state index < -0.39 is 17.9 Å². The van der Waals surface area contributed by atoms with E-state index >= 15 is 0 Å². The second-order valence-electron chi connectivity index (χ2n) is 5.62. The number of para-hydroxylation sites is 1. The highest BCUT2D eigenvalue weighted by atomic mass is 16.5. The van der Waals surface area contributed by atoms with Crippen LogP contribution in [0.15, 0.2) is 36.5 Å². The molecule has 2 aromatic rings. The van der Waals surface area contributed by atoms with Crippen molar-refractivity contribution in [1.29, 1.82) is 0 Å². The molecule has 1 aromatic carbocycles. The summed E-state index contributed by atoms with van der Waals surface area (Å²) in [7, 11) is 1.55. The fourth-order valence-electron chi connectivity index (χ4n) is 2.34. The smallest absolute Gasteiger partial charge is 0.326 e. The van der Waals surface area contributed by atoms with Crippen molar-refractivity contribution in [3.8, 4) is 11.4 Å². The van der Waals surface area contributed by atoms with Crippen LogP contribution in [-0.2, 0) is 9.53 Å². The Hall–Kier alpha value is -2.87. The maximum atomic E-state index is 12.6. The summed E-state index contributed by atoms with van der Waals surface area (Å²) >= 11 is 0. The van der Waals surface area contributed by atoms with Gasteiger partial charge in [0.1, 0.15) is 12.6 Å². The predicted molar refractivity (Wildman–Crippen MR) is 94.7 cm³/mol. The third-order valence-corrected chi connectivity index (χ3v) is 3.64. The molecule has 0 fully saturated rings. The van der Waals surface area contributed by atoms with Gasteiger partial charge >= 0.3 is 5.97 Å². The third kappa shape index (κ3) is 5.06. The van der Waals surface area contributed by atoms with Crippen molar-refractivity contribution in [2.45, 2.75) is 25.8 Å². The van der Waals surface area contributed by atoms with Gasteiger partial charge in [-0.2, -0.15) is 5.10 Å². The summed E-state index contributed by atoms with van der Waals surface area (Å²) < 4.78 is 12.1. The zero-order chi connectivity index (χ0) is 18.9. The lowest BCUT2D eigenvalue weighted by atomic mass is 10.1. The highest BCUT2D eigenvalue weighted by molar-refractivity contribution is 5.97. The molecule has 2 N–H and O–H groups in total. The minimum atomic E-state index is -1.08. The molecule has 0 radical (unpaired) electrons. The van der Waals surface area contributed by atoms with Crippen LogP contribution in [0.3, 0.4) is 0 Å². The van der Waals surface area contributed by atoms with Gasteiger partial charge in [0.05, 0.1) is 18.5 Å². The lowest BCUT2D eigenvalue weighted by Crippen LogP contribution is -2.41. The highest BCUT2D eigenvalue weighted by Gasteiger charge is 2.24. The Morgan fingerprint density at radius 1 is 1.27 bits per heavy atom. The minimum absolute atomic E-state index is 0.0345. The first-order chi connectivity index (χ1) is 12.6. The average Bonchev–Trinajstić information content (AvgIpc) is 3.06. The van der Waals surface area contributed by atoms with Gasteiger partial charge in [-0.1, -0.05) is 31.5 Å². The molecule has 0 aliphatic rings. The maximum Gasteiger partial charge on any atom is 0.326 e. The van der Waals surface area contributed by atoms with Gasteiger partial charge in [0.2, 0.25) is 0 Å². The molecule has 1 unspecified atom stereocenters. The zero-order valence-corrected chi connectivity index (χ0v) is 14.8. The molecule has 1 heterocycles. The lowest BCUT2D eigenvalue weighted by molar-refractivity contribution is -0.139. The van der Waals surface area contributed by atoms with Gasteiger partial charge in [-0.25, -0.2) is 9.48 Å². The lowest BCUT2D eigenvalue weighted by Gasteiger charge is -2.13. The van der Waals surface area contributed by atoms with Crippen LogP contribution < -0.4 is 10.1 Å². The molecule has 8 heteroatoms. The van der Waals surface area contributed by atoms with Crippen molar-refractivity contribution in [2.75, 3.05) is 20.3 Å². The number of benzene rings is 1. The number of hydrogen-bond donors (Lipinski definition) is 2. The number of carboxylic acid groups (broad SMARTS) is 1. The molecule has 8 nitrogen and oxygen atoms in total. The first-order valence-electron chi connectivity index (χ1n) is 8.37. The van der Waals surface area contributed by atoms with Crippen molar-refractivity contribution in [3.05, 3.63) is 42.2 Å². The van der Waals surface area contributed by atoms with E-state index in [-0.39, 0.29) is 18.1 Å². The van der Waals surface area contributed by atoms with E-state index in [1.807, 2.05) is 37.3 Å². The number of ether oxygens (including phenoxy) is 2. The van der Waals surface area contributed by atoms with Crippen LogP contribution in [0.4, 0.5) is 0 Å². The van der Waals surface area contributed by atoms with E-state index in [0.717, 1.165) is 5.69 Å². The number of carboxylic acids is 1. The molecule has 0 bridgehead atoms. The van der Waals surface area contributed by atoms with Gasteiger partial charge in [-0.3, -0.25) is 4.79 Å². The first kappa shape index (κ1) is 19.5. The molecular formula is C18H23N3O5. The Labute approximate surface area is 151 Å². The van der Waals surface area contributed by atoms with Crippen LogP contribution in [0, 0.1) is 0 Å². The Balaban J connectivity index is 2.27. The number of carbonyl (C=O) groups excluding carboxylic acids is 1. The summed E-state index contributed by atoms with van der Waals surface area (Å²) in [6.07, 6.45) is 2.56. The minimum Gasteiger partial charge on any atom is -0.487 e. The summed E-state index contributed by atoms with van der Waals surface area (Å²) in [6, 6.07) is 8.28. The van der Waals surface area contributed by atoms with Crippen LogP contribution in [0.25, 0.3) is 5.69 Å². The number of amides is 1. The molecule has 140 valence electrons. The normalized spacial score (nSPS) is 11.8. The van der Waals surface area contributed by atoms with E-state index in [9.17, 15) is 14.7 Å². The van der Waals surface area contributed by atoms with Crippen molar-refractivity contribution >= 4 is 11.9 Å². The molecule has 0 saturated carbocycles. The topological polar surface area (TPSA) is 103 Å². The number of aromatic nitrogens is 2. The van der Waals surface area contributed by atoms with Crippen LogP contribution >= 0.6 is 0 Å². The third-order valence-electron chi connectivity index (χ3n) is 3.64. The number of aliphatic carboxylic acids is 1. The van der Waals surface area contributed by atoms with Gasteiger partial charge in [0.15, 0.2) is 11.4 Å². The second-order valence-corrected chi connectivity index (χ2v) is 5.62. The number of hydrogen-bond acceptors (Lipinski definition) is 5. The Morgan fingerprint density at radius 2 is 2.00 bits per heavy atom. The number of nitrogens with zero attached hydrogens (tertiary/aromatic N) is 2. The van der Waals surface area contributed by atoms with Gasteiger partial charge in [-0.15, -0.1) is 0 Å². The highest BCUT2D eigenvalue weighted by Crippen LogP contribution is 2.20. The van der Waals surface area contributed by atoms with Crippen molar-refractivity contribution in [3.63, 3.8) is 0 Å². The summed E-state index contributed by atoms with van der Waals surface area (Å²) in [5, 5.41) is 16.0. The Bertz CT molecular complexity index is 730. The molecule has 0 aliphatic carbocycles. The van der Waals surface area contributed by atoms with Crippen molar-refractivity contribution in [1.82, 2.24) is 15.1 Å². The number of rotatable bonds is 10. The number of nitrogens with one attached hydrogen (secondary N) is 1. The Kier molecular flexibility index (Phi) is 7.16. The molecule has 26 heavy (non-hydrogen) atoms. The van der Waals surface area contributed by atoms with E-state index in [1.165, 1.54) is 4.68 Å². The van der Waals surface area contributed by atoms with Crippen molar-refractivity contribution < 1.29 is 24.2 Å². The van der Waals surface area contributed by atoms with Crippen LogP contribution in [-0.4, -0.2) is 53.1 Å². The molecule has 0 aliphatic heterocycles. The van der Waals surface area contributed by atoms with Crippen molar-refractivity contribution in [2.24, 2.45) is 0 Å². The molecule has 1 atom stereocenters. The summed E-state index contributed by atoms with van der Waals surface area (Å²) in [5.41, 5.74) is 0.791. The van der Waals surface area contributed by atoms with Crippen LogP contribution in [0.5, 0.6) is 5.75 Å². The van der Waals surface area contributed by atoms with E-state index in [4.69, 9.17) is 9.47 Å². The molecule has 1 aromatic heterocycles. The van der Waals surface area contributed by atoms with E-state index in [2.05, 4.69) is 10.4 Å². The monoisotopic (exact) mass is 361 g/mol.